The van der Waals surface area contributed by atoms with Crippen molar-refractivity contribution in [3.8, 4) is 0 Å². The highest BCUT2D eigenvalue weighted by atomic mass is 16.6. The van der Waals surface area contributed by atoms with E-state index < -0.39 is 11.6 Å². The summed E-state index contributed by atoms with van der Waals surface area (Å²) in [5.41, 5.74) is 2.71. The van der Waals surface area contributed by atoms with Gasteiger partial charge in [0.1, 0.15) is 5.60 Å². The third-order valence-electron chi connectivity index (χ3n) is 4.60. The molecule has 0 spiro atoms. The van der Waals surface area contributed by atoms with Crippen molar-refractivity contribution < 1.29 is 19.1 Å². The molecular formula is C21H26N2O4. The van der Waals surface area contributed by atoms with Gasteiger partial charge < -0.3 is 14.5 Å². The Morgan fingerprint density at radius 3 is 2.74 bits per heavy atom. The third kappa shape index (κ3) is 4.15. The van der Waals surface area contributed by atoms with Crippen LogP contribution in [0.3, 0.4) is 0 Å². The van der Waals surface area contributed by atoms with Gasteiger partial charge in [-0.1, -0.05) is 24.3 Å². The molecule has 1 amide bonds. The predicted octanol–water partition coefficient (Wildman–Crippen LogP) is 4.12. The molecule has 0 saturated heterocycles. The van der Waals surface area contributed by atoms with E-state index in [2.05, 4.69) is 15.8 Å². The van der Waals surface area contributed by atoms with Crippen molar-refractivity contribution in [1.82, 2.24) is 9.88 Å². The Balaban J connectivity index is 1.95. The fraction of sp³-hybridized carbons (Fsp3) is 0.429. The summed E-state index contributed by atoms with van der Waals surface area (Å²) >= 11 is 0. The van der Waals surface area contributed by atoms with Gasteiger partial charge in [-0.2, -0.15) is 0 Å². The number of amides is 1. The molecule has 144 valence electrons. The lowest BCUT2D eigenvalue weighted by Crippen LogP contribution is -2.43. The normalized spacial score (nSPS) is 17.2. The number of fused-ring (bicyclic) bond motifs is 3. The van der Waals surface area contributed by atoms with Gasteiger partial charge in [0.2, 0.25) is 0 Å². The van der Waals surface area contributed by atoms with Gasteiger partial charge in [0, 0.05) is 29.2 Å². The SMILES string of the molecule is COC(=O)/C=C/CC1c2[nH]c3ccccc3c2CCN1C(=O)OC(C)(C)C. The molecule has 1 N–H and O–H groups in total. The van der Waals surface area contributed by atoms with Gasteiger partial charge in [0.25, 0.3) is 0 Å². The Kier molecular flexibility index (Phi) is 5.26. The molecule has 0 aliphatic carbocycles. The number of aromatic nitrogens is 1. The molecule has 6 heteroatoms. The third-order valence-corrected chi connectivity index (χ3v) is 4.60. The van der Waals surface area contributed by atoms with E-state index in [-0.39, 0.29) is 12.1 Å². The van der Waals surface area contributed by atoms with Crippen LogP contribution in [0.25, 0.3) is 10.9 Å². The maximum atomic E-state index is 12.8. The van der Waals surface area contributed by atoms with Gasteiger partial charge in [-0.05, 0) is 45.2 Å². The van der Waals surface area contributed by atoms with Gasteiger partial charge >= 0.3 is 12.1 Å². The Bertz CT molecular complexity index is 876. The summed E-state index contributed by atoms with van der Waals surface area (Å²) in [4.78, 5) is 29.4. The van der Waals surface area contributed by atoms with Crippen LogP contribution in [0.15, 0.2) is 36.4 Å². The van der Waals surface area contributed by atoms with Crippen LogP contribution in [0.5, 0.6) is 0 Å². The van der Waals surface area contributed by atoms with E-state index >= 15 is 0 Å². The van der Waals surface area contributed by atoms with Crippen molar-refractivity contribution >= 4 is 23.0 Å². The Morgan fingerprint density at radius 2 is 2.04 bits per heavy atom. The molecule has 3 rings (SSSR count). The second kappa shape index (κ2) is 7.47. The minimum absolute atomic E-state index is 0.225. The fourth-order valence-electron chi connectivity index (χ4n) is 3.46. The van der Waals surface area contributed by atoms with Gasteiger partial charge in [0.05, 0.1) is 13.2 Å². The smallest absolute Gasteiger partial charge is 0.410 e. The summed E-state index contributed by atoms with van der Waals surface area (Å²) in [6, 6.07) is 7.91. The highest BCUT2D eigenvalue weighted by Crippen LogP contribution is 2.37. The first-order valence-corrected chi connectivity index (χ1v) is 9.13. The zero-order valence-electron chi connectivity index (χ0n) is 16.2. The number of ether oxygens (including phenoxy) is 2. The predicted molar refractivity (Wildman–Crippen MR) is 103 cm³/mol. The van der Waals surface area contributed by atoms with Crippen molar-refractivity contribution in [2.24, 2.45) is 0 Å². The second-order valence-electron chi connectivity index (χ2n) is 7.66. The first-order valence-electron chi connectivity index (χ1n) is 9.13. The maximum Gasteiger partial charge on any atom is 0.410 e. The number of nitrogens with one attached hydrogen (secondary N) is 1. The average Bonchev–Trinajstić information content (AvgIpc) is 2.99. The topological polar surface area (TPSA) is 71.6 Å². The number of benzene rings is 1. The number of hydrogen-bond acceptors (Lipinski definition) is 4. The van der Waals surface area contributed by atoms with Crippen molar-refractivity contribution in [2.75, 3.05) is 13.7 Å². The summed E-state index contributed by atoms with van der Waals surface area (Å²) in [5, 5.41) is 1.18. The summed E-state index contributed by atoms with van der Waals surface area (Å²) in [7, 11) is 1.34. The number of carbonyl (C=O) groups excluding carboxylic acids is 2. The minimum atomic E-state index is -0.565. The van der Waals surface area contributed by atoms with Gasteiger partial charge in [0.15, 0.2) is 0 Å². The molecule has 1 atom stereocenters. The van der Waals surface area contributed by atoms with Crippen molar-refractivity contribution in [3.63, 3.8) is 0 Å². The molecule has 6 nitrogen and oxygen atoms in total. The van der Waals surface area contributed by atoms with Crippen LogP contribution in [0.1, 0.15) is 44.5 Å². The Labute approximate surface area is 159 Å². The van der Waals surface area contributed by atoms with Crippen LogP contribution >= 0.6 is 0 Å². The molecule has 1 aromatic heterocycles. The fourth-order valence-corrected chi connectivity index (χ4v) is 3.46. The number of methoxy groups -OCH3 is 1. The first kappa shape index (κ1) is 19.0. The summed E-state index contributed by atoms with van der Waals surface area (Å²) in [5.74, 6) is -0.411. The van der Waals surface area contributed by atoms with Crippen LogP contribution < -0.4 is 0 Å². The number of nitrogens with zero attached hydrogens (tertiary/aromatic N) is 1. The number of para-hydroxylation sites is 1. The quantitative estimate of drug-likeness (QED) is 0.652. The molecule has 1 aliphatic heterocycles. The number of rotatable bonds is 3. The van der Waals surface area contributed by atoms with E-state index in [4.69, 9.17) is 4.74 Å². The second-order valence-corrected chi connectivity index (χ2v) is 7.66. The molecule has 1 unspecified atom stereocenters. The average molecular weight is 370 g/mol. The first-order chi connectivity index (χ1) is 12.8. The van der Waals surface area contributed by atoms with Gasteiger partial charge in [-0.25, -0.2) is 9.59 Å². The number of hydrogen-bond donors (Lipinski definition) is 1. The van der Waals surface area contributed by atoms with E-state index in [9.17, 15) is 9.59 Å². The lowest BCUT2D eigenvalue weighted by Gasteiger charge is -2.36. The zero-order chi connectivity index (χ0) is 19.6. The molecule has 2 aromatic rings. The van der Waals surface area contributed by atoms with Crippen LogP contribution in [0.2, 0.25) is 0 Å². The Morgan fingerprint density at radius 1 is 1.30 bits per heavy atom. The van der Waals surface area contributed by atoms with Crippen LogP contribution in [-0.4, -0.2) is 41.2 Å². The van der Waals surface area contributed by atoms with E-state index in [0.717, 1.165) is 17.6 Å². The lowest BCUT2D eigenvalue weighted by molar-refractivity contribution is -0.134. The molecule has 1 aromatic carbocycles. The highest BCUT2D eigenvalue weighted by Gasteiger charge is 2.35. The molecule has 0 radical (unpaired) electrons. The summed E-state index contributed by atoms with van der Waals surface area (Å²) < 4.78 is 10.3. The van der Waals surface area contributed by atoms with E-state index in [1.54, 1.807) is 11.0 Å². The molecule has 0 fully saturated rings. The van der Waals surface area contributed by atoms with Gasteiger partial charge in [-0.3, -0.25) is 4.90 Å². The highest BCUT2D eigenvalue weighted by molar-refractivity contribution is 5.86. The lowest BCUT2D eigenvalue weighted by atomic mass is 9.95. The Hall–Kier alpha value is -2.76. The largest absolute Gasteiger partial charge is 0.466 e. The van der Waals surface area contributed by atoms with Crippen molar-refractivity contribution in [3.05, 3.63) is 47.7 Å². The van der Waals surface area contributed by atoms with E-state index in [1.807, 2.05) is 39.0 Å². The molecule has 27 heavy (non-hydrogen) atoms. The molecule has 0 bridgehead atoms. The number of carbonyl (C=O) groups is 2. The number of H-pyrrole nitrogens is 1. The van der Waals surface area contributed by atoms with Crippen molar-refractivity contribution in [1.29, 1.82) is 0 Å². The van der Waals surface area contributed by atoms with E-state index in [0.29, 0.717) is 13.0 Å². The molecule has 0 saturated carbocycles. The van der Waals surface area contributed by atoms with Crippen LogP contribution in [0.4, 0.5) is 4.79 Å². The molecular weight excluding hydrogens is 344 g/mol. The number of aromatic amines is 1. The minimum Gasteiger partial charge on any atom is -0.466 e. The van der Waals surface area contributed by atoms with Crippen LogP contribution in [-0.2, 0) is 20.7 Å². The monoisotopic (exact) mass is 370 g/mol. The van der Waals surface area contributed by atoms with E-state index in [1.165, 1.54) is 24.1 Å². The molecule has 2 heterocycles. The summed E-state index contributed by atoms with van der Waals surface area (Å²) in [6.45, 7) is 6.14. The standard InChI is InChI=1S/C21H26N2O4/c1-21(2,3)27-20(25)23-13-12-15-14-8-5-6-9-16(14)22-19(15)17(23)10-7-11-18(24)26-4/h5-9,11,17,22H,10,12-13H2,1-4H3/b11-7+. The molecule has 1 aliphatic rings. The summed E-state index contributed by atoms with van der Waals surface area (Å²) in [6.07, 6.45) is 4.05. The maximum absolute atomic E-state index is 12.8. The van der Waals surface area contributed by atoms with Crippen LogP contribution in [0, 0.1) is 0 Å². The number of esters is 1. The zero-order valence-corrected chi connectivity index (χ0v) is 16.2. The van der Waals surface area contributed by atoms with Crippen molar-refractivity contribution in [2.45, 2.75) is 45.3 Å². The van der Waals surface area contributed by atoms with Gasteiger partial charge in [-0.15, -0.1) is 0 Å².